The van der Waals surface area contributed by atoms with E-state index in [1.54, 1.807) is 29.0 Å². The van der Waals surface area contributed by atoms with Crippen LogP contribution >= 0.6 is 0 Å². The standard InChI is InChI=1S/C42H56FN13O4/c1-27(2)32-24-30(7-9-34(32)56-16-12-36(57)46-41(56)59)52-14-10-28(11-15-52)25-51-18-20-53(21-19-51)35-8-6-29(23-33(35)43)45-39-37(38(44)58)48-49-40(47-39)54-13-4-5-31(26-54)55-22-17-50(3)42(55)60/h6-9,23-24,27-28,31H,4-5,10-22,25-26H2,1-3H3,(H2,44,58)(H,45,47,49)(H,46,57,59)/t31-/m1/s1. The van der Waals surface area contributed by atoms with Gasteiger partial charge in [0.2, 0.25) is 11.9 Å². The van der Waals surface area contributed by atoms with Crippen molar-refractivity contribution in [1.29, 1.82) is 0 Å². The van der Waals surface area contributed by atoms with Crippen LogP contribution in [0.2, 0.25) is 0 Å². The summed E-state index contributed by atoms with van der Waals surface area (Å²) in [5, 5.41) is 13.8. The molecule has 0 saturated carbocycles. The number of piperazine rings is 1. The number of anilines is 6. The molecule has 5 aliphatic heterocycles. The molecule has 1 aromatic heterocycles. The van der Waals surface area contributed by atoms with E-state index in [2.05, 4.69) is 66.5 Å². The fraction of sp³-hybridized carbons (Fsp3) is 0.548. The molecule has 0 unspecified atom stereocenters. The Hall–Kier alpha value is -5.78. The van der Waals surface area contributed by atoms with Crippen LogP contribution in [0.1, 0.15) is 67.9 Å². The topological polar surface area (TPSA) is 180 Å². The van der Waals surface area contributed by atoms with Crippen LogP contribution in [0.25, 0.3) is 0 Å². The maximum absolute atomic E-state index is 15.8. The van der Waals surface area contributed by atoms with E-state index in [4.69, 9.17) is 5.73 Å². The highest BCUT2D eigenvalue weighted by atomic mass is 19.1. The summed E-state index contributed by atoms with van der Waals surface area (Å²) >= 11 is 0. The van der Waals surface area contributed by atoms with Crippen molar-refractivity contribution >= 4 is 58.4 Å². The molecule has 0 aliphatic carbocycles. The smallest absolute Gasteiger partial charge is 0.328 e. The molecule has 5 fully saturated rings. The lowest BCUT2D eigenvalue weighted by molar-refractivity contribution is -0.120. The maximum Gasteiger partial charge on any atom is 0.328 e. The predicted octanol–water partition coefficient (Wildman–Crippen LogP) is 3.80. The molecular formula is C42H56FN13O4. The largest absolute Gasteiger partial charge is 0.372 e. The third kappa shape index (κ3) is 8.74. The van der Waals surface area contributed by atoms with Crippen molar-refractivity contribution in [2.45, 2.75) is 57.9 Å². The van der Waals surface area contributed by atoms with Crippen molar-refractivity contribution in [1.82, 2.24) is 35.2 Å². The Morgan fingerprint density at radius 2 is 1.65 bits per heavy atom. The summed E-state index contributed by atoms with van der Waals surface area (Å²) in [6, 6.07) is 10.9. The van der Waals surface area contributed by atoms with Gasteiger partial charge in [0, 0.05) is 109 Å². The van der Waals surface area contributed by atoms with Crippen LogP contribution in [-0.2, 0) is 4.79 Å². The fourth-order valence-corrected chi connectivity index (χ4v) is 9.23. The summed E-state index contributed by atoms with van der Waals surface area (Å²) in [5.41, 5.74) is 9.54. The molecule has 3 aromatic rings. The number of hydrogen-bond donors (Lipinski definition) is 3. The second-order valence-electron chi connectivity index (χ2n) is 17.0. The first-order valence-electron chi connectivity index (χ1n) is 21.3. The zero-order valence-electron chi connectivity index (χ0n) is 34.8. The molecule has 5 aliphatic rings. The minimum absolute atomic E-state index is 0.0117. The number of benzene rings is 2. The monoisotopic (exact) mass is 825 g/mol. The predicted molar refractivity (Wildman–Crippen MR) is 228 cm³/mol. The Morgan fingerprint density at radius 3 is 2.33 bits per heavy atom. The first-order chi connectivity index (χ1) is 28.9. The highest BCUT2D eigenvalue weighted by Gasteiger charge is 2.35. The number of likely N-dealkylation sites (N-methyl/N-ethyl adjacent to an activating group) is 1. The number of carbonyl (C=O) groups is 4. The maximum atomic E-state index is 15.8. The van der Waals surface area contributed by atoms with Crippen molar-refractivity contribution in [2.24, 2.45) is 11.7 Å². The molecule has 17 nitrogen and oxygen atoms in total. The molecule has 1 atom stereocenters. The Bertz CT molecular complexity index is 2110. The summed E-state index contributed by atoms with van der Waals surface area (Å²) in [7, 11) is 1.80. The van der Waals surface area contributed by atoms with Gasteiger partial charge in [0.05, 0.1) is 11.7 Å². The van der Waals surface area contributed by atoms with E-state index in [1.807, 2.05) is 15.9 Å². The second-order valence-corrected chi connectivity index (χ2v) is 17.0. The highest BCUT2D eigenvalue weighted by molar-refractivity contribution is 6.06. The molecule has 0 bridgehead atoms. The van der Waals surface area contributed by atoms with Crippen LogP contribution in [0.3, 0.4) is 0 Å². The molecule has 60 heavy (non-hydrogen) atoms. The second kappa shape index (κ2) is 17.4. The van der Waals surface area contributed by atoms with Crippen LogP contribution in [0.5, 0.6) is 0 Å². The molecule has 6 heterocycles. The molecule has 6 amide bonds. The van der Waals surface area contributed by atoms with Gasteiger partial charge < -0.3 is 35.6 Å². The summed E-state index contributed by atoms with van der Waals surface area (Å²) in [4.78, 5) is 68.2. The summed E-state index contributed by atoms with van der Waals surface area (Å²) in [6.07, 6.45) is 4.17. The minimum atomic E-state index is -0.802. The fourth-order valence-electron chi connectivity index (χ4n) is 9.23. The summed E-state index contributed by atoms with van der Waals surface area (Å²) < 4.78 is 15.8. The van der Waals surface area contributed by atoms with E-state index < -0.39 is 5.91 Å². The third-order valence-electron chi connectivity index (χ3n) is 12.7. The van der Waals surface area contributed by atoms with Crippen LogP contribution in [0.15, 0.2) is 36.4 Å². The average molecular weight is 826 g/mol. The number of halogens is 1. The number of hydrogen-bond acceptors (Lipinski definition) is 12. The van der Waals surface area contributed by atoms with Gasteiger partial charge in [-0.25, -0.2) is 14.0 Å². The van der Waals surface area contributed by atoms with Gasteiger partial charge in [-0.2, -0.15) is 4.98 Å². The van der Waals surface area contributed by atoms with Gasteiger partial charge in [0.15, 0.2) is 11.5 Å². The number of nitrogens with zero attached hydrogens (tertiary/aromatic N) is 10. The number of rotatable bonds is 11. The van der Waals surface area contributed by atoms with Crippen molar-refractivity contribution in [2.75, 3.05) is 111 Å². The molecule has 8 rings (SSSR count). The molecule has 0 spiro atoms. The first kappa shape index (κ1) is 41.0. The van der Waals surface area contributed by atoms with Gasteiger partial charge >= 0.3 is 12.1 Å². The average Bonchev–Trinajstić information content (AvgIpc) is 3.58. The van der Waals surface area contributed by atoms with Gasteiger partial charge in [-0.3, -0.25) is 24.7 Å². The number of nitrogens with one attached hydrogen (secondary N) is 2. The number of primary amides is 1. The van der Waals surface area contributed by atoms with Gasteiger partial charge in [0.25, 0.3) is 5.91 Å². The number of amides is 6. The van der Waals surface area contributed by atoms with Gasteiger partial charge in [-0.05, 0) is 79.5 Å². The Morgan fingerprint density at radius 1 is 0.883 bits per heavy atom. The Balaban J connectivity index is 0.837. The van der Waals surface area contributed by atoms with E-state index in [0.717, 1.165) is 75.3 Å². The third-order valence-corrected chi connectivity index (χ3v) is 12.7. The minimum Gasteiger partial charge on any atom is -0.372 e. The number of carbonyl (C=O) groups excluding carboxylic acids is 4. The van der Waals surface area contributed by atoms with Gasteiger partial charge in [0.1, 0.15) is 5.82 Å². The van der Waals surface area contributed by atoms with Gasteiger partial charge in [-0.15, -0.1) is 10.2 Å². The van der Waals surface area contributed by atoms with Crippen LogP contribution in [0, 0.1) is 11.7 Å². The van der Waals surface area contributed by atoms with Crippen LogP contribution < -0.4 is 36.0 Å². The molecule has 18 heteroatoms. The molecular weight excluding hydrogens is 770 g/mol. The Kier molecular flexibility index (Phi) is 11.9. The number of urea groups is 2. The van der Waals surface area contributed by atoms with Gasteiger partial charge in [-0.1, -0.05) is 13.8 Å². The quantitative estimate of drug-likeness (QED) is 0.255. The number of imide groups is 1. The number of nitrogens with two attached hydrogens (primary N) is 1. The molecule has 5 saturated heterocycles. The van der Waals surface area contributed by atoms with E-state index >= 15 is 4.39 Å². The van der Waals surface area contributed by atoms with E-state index in [9.17, 15) is 19.2 Å². The molecule has 4 N–H and O–H groups in total. The normalized spacial score (nSPS) is 21.0. The lowest BCUT2D eigenvalue weighted by Crippen LogP contribution is -2.50. The molecule has 0 radical (unpaired) electrons. The van der Waals surface area contributed by atoms with Crippen molar-refractivity contribution < 1.29 is 23.6 Å². The molecule has 2 aromatic carbocycles. The first-order valence-corrected chi connectivity index (χ1v) is 21.3. The van der Waals surface area contributed by atoms with E-state index in [-0.39, 0.29) is 47.3 Å². The van der Waals surface area contributed by atoms with Crippen molar-refractivity contribution in [3.8, 4) is 0 Å². The zero-order chi connectivity index (χ0) is 42.1. The Labute approximate surface area is 350 Å². The van der Waals surface area contributed by atoms with Crippen LogP contribution in [-0.4, -0.2) is 145 Å². The summed E-state index contributed by atoms with van der Waals surface area (Å²) in [6.45, 7) is 13.2. The van der Waals surface area contributed by atoms with Crippen LogP contribution in [0.4, 0.5) is 48.5 Å². The lowest BCUT2D eigenvalue weighted by Gasteiger charge is -2.40. The molecule has 320 valence electrons. The number of piperidine rings is 2. The zero-order valence-corrected chi connectivity index (χ0v) is 34.8. The highest BCUT2D eigenvalue weighted by Crippen LogP contribution is 2.35. The van der Waals surface area contributed by atoms with Crippen molar-refractivity contribution in [3.05, 3.63) is 53.5 Å². The number of aromatic nitrogens is 3. The van der Waals surface area contributed by atoms with E-state index in [0.29, 0.717) is 75.5 Å². The summed E-state index contributed by atoms with van der Waals surface area (Å²) in [5.74, 6) is -0.224. The lowest BCUT2D eigenvalue weighted by atomic mass is 9.94. The van der Waals surface area contributed by atoms with E-state index in [1.165, 1.54) is 6.07 Å². The SMILES string of the molecule is CC(C)c1cc(N2CCC(CN3CCN(c4ccc(Nc5nc(N6CCC[C@@H](N7CCN(C)C7=O)C6)nnc5C(N)=O)cc4F)CC3)CC2)ccc1N1CCC(=O)NC1=O. The van der Waals surface area contributed by atoms with Crippen molar-refractivity contribution in [3.63, 3.8) is 0 Å².